The molecule has 7 nitrogen and oxygen atoms in total. The topological polar surface area (TPSA) is 101 Å². The maximum absolute atomic E-state index is 12.7. The van der Waals surface area contributed by atoms with Gasteiger partial charge in [0.05, 0.1) is 6.54 Å². The summed E-state index contributed by atoms with van der Waals surface area (Å²) in [6.45, 7) is 4.94. The first-order valence-electron chi connectivity index (χ1n) is 7.90. The molecule has 24 heavy (non-hydrogen) atoms. The lowest BCUT2D eigenvalue weighted by molar-refractivity contribution is 0.0890. The summed E-state index contributed by atoms with van der Waals surface area (Å²) in [6.07, 6.45) is 0.894. The Labute approximate surface area is 142 Å². The third kappa shape index (κ3) is 2.71. The lowest BCUT2D eigenvalue weighted by Crippen LogP contribution is -2.41. The van der Waals surface area contributed by atoms with Crippen LogP contribution in [0.5, 0.6) is 0 Å². The van der Waals surface area contributed by atoms with Crippen LogP contribution in [-0.4, -0.2) is 33.3 Å². The van der Waals surface area contributed by atoms with Gasteiger partial charge in [0.25, 0.3) is 5.56 Å². The van der Waals surface area contributed by atoms with E-state index in [1.807, 2.05) is 4.90 Å². The molecule has 0 saturated carbocycles. The zero-order valence-electron chi connectivity index (χ0n) is 13.7. The first-order valence-corrected chi connectivity index (χ1v) is 8.78. The first kappa shape index (κ1) is 16.7. The number of anilines is 1. The van der Waals surface area contributed by atoms with Crippen LogP contribution in [0.2, 0.25) is 0 Å². The number of hydrogen-bond acceptors (Lipinski definition) is 6. The van der Waals surface area contributed by atoms with Crippen LogP contribution in [0.15, 0.2) is 21.0 Å². The number of hydrogen-bond donors (Lipinski definition) is 2. The number of ketones is 1. The summed E-state index contributed by atoms with van der Waals surface area (Å²) in [5.41, 5.74) is 5.71. The Morgan fingerprint density at radius 3 is 2.92 bits per heavy atom. The van der Waals surface area contributed by atoms with Gasteiger partial charge in [-0.15, -0.1) is 11.3 Å². The molecule has 3 N–H and O–H groups in total. The number of aromatic nitrogens is 2. The van der Waals surface area contributed by atoms with Crippen molar-refractivity contribution in [3.8, 4) is 0 Å². The van der Waals surface area contributed by atoms with Gasteiger partial charge in [-0.3, -0.25) is 24.0 Å². The van der Waals surface area contributed by atoms with Gasteiger partial charge < -0.3 is 5.73 Å². The van der Waals surface area contributed by atoms with E-state index in [1.165, 1.54) is 15.0 Å². The molecule has 2 aromatic heterocycles. The Hall–Kier alpha value is -2.19. The van der Waals surface area contributed by atoms with E-state index in [1.54, 1.807) is 18.3 Å². The van der Waals surface area contributed by atoms with Crippen LogP contribution >= 0.6 is 11.3 Å². The van der Waals surface area contributed by atoms with Crippen molar-refractivity contribution in [1.29, 1.82) is 0 Å². The van der Waals surface area contributed by atoms with Crippen molar-refractivity contribution < 1.29 is 4.79 Å². The van der Waals surface area contributed by atoms with Crippen LogP contribution in [0.1, 0.15) is 40.7 Å². The highest BCUT2D eigenvalue weighted by molar-refractivity contribution is 7.10. The van der Waals surface area contributed by atoms with E-state index in [4.69, 9.17) is 5.73 Å². The summed E-state index contributed by atoms with van der Waals surface area (Å²) in [4.78, 5) is 42.0. The molecule has 0 saturated heterocycles. The lowest BCUT2D eigenvalue weighted by atomic mass is 10.0. The number of carbonyl (C=O) groups is 1. The van der Waals surface area contributed by atoms with Crippen LogP contribution in [0.25, 0.3) is 0 Å². The molecule has 0 unspecified atom stereocenters. The number of rotatable bonds is 4. The number of aromatic amines is 1. The van der Waals surface area contributed by atoms with Gasteiger partial charge in [0.15, 0.2) is 5.78 Å². The van der Waals surface area contributed by atoms with E-state index in [0.29, 0.717) is 6.54 Å². The first-order chi connectivity index (χ1) is 11.4. The molecular weight excluding hydrogens is 328 g/mol. The Bertz CT molecular complexity index is 895. The van der Waals surface area contributed by atoms with Crippen molar-refractivity contribution in [2.24, 2.45) is 0 Å². The van der Waals surface area contributed by atoms with Crippen molar-refractivity contribution in [2.45, 2.75) is 32.9 Å². The number of carbonyl (C=O) groups excluding carboxylic acids is 1. The maximum atomic E-state index is 12.7. The van der Waals surface area contributed by atoms with Crippen LogP contribution < -0.4 is 17.0 Å². The predicted molar refractivity (Wildman–Crippen MR) is 93.8 cm³/mol. The van der Waals surface area contributed by atoms with Crippen molar-refractivity contribution >= 4 is 22.9 Å². The minimum Gasteiger partial charge on any atom is -0.384 e. The number of H-pyrrole nitrogens is 1. The van der Waals surface area contributed by atoms with Gasteiger partial charge in [-0.1, -0.05) is 0 Å². The summed E-state index contributed by atoms with van der Waals surface area (Å²) < 4.78 is 1.20. The van der Waals surface area contributed by atoms with Crippen LogP contribution in [0.3, 0.4) is 0 Å². The average Bonchev–Trinajstić information content (AvgIpc) is 2.99. The molecule has 0 fully saturated rings. The smallest absolute Gasteiger partial charge is 0.329 e. The number of nitrogens with zero attached hydrogens (tertiary/aromatic N) is 2. The summed E-state index contributed by atoms with van der Waals surface area (Å²) in [6, 6.07) is 2.20. The van der Waals surface area contributed by atoms with Crippen molar-refractivity contribution in [3.63, 3.8) is 0 Å². The molecule has 1 aliphatic rings. The molecule has 1 atom stereocenters. The van der Waals surface area contributed by atoms with Gasteiger partial charge in [0.2, 0.25) is 0 Å². The highest BCUT2D eigenvalue weighted by Crippen LogP contribution is 2.32. The molecule has 3 heterocycles. The van der Waals surface area contributed by atoms with E-state index >= 15 is 0 Å². The molecule has 0 aromatic carbocycles. The molecule has 2 aromatic rings. The second-order valence-electron chi connectivity index (χ2n) is 5.88. The van der Waals surface area contributed by atoms with E-state index in [9.17, 15) is 14.4 Å². The molecule has 0 aliphatic carbocycles. The van der Waals surface area contributed by atoms with E-state index in [0.717, 1.165) is 13.0 Å². The molecule has 0 radical (unpaired) electrons. The molecule has 0 spiro atoms. The van der Waals surface area contributed by atoms with Crippen LogP contribution in [0, 0.1) is 0 Å². The Morgan fingerprint density at radius 1 is 1.46 bits per heavy atom. The largest absolute Gasteiger partial charge is 0.384 e. The van der Waals surface area contributed by atoms with Crippen LogP contribution in [-0.2, 0) is 13.0 Å². The monoisotopic (exact) mass is 348 g/mol. The van der Waals surface area contributed by atoms with Gasteiger partial charge in [0.1, 0.15) is 11.4 Å². The normalized spacial score (nSPS) is 17.7. The van der Waals surface area contributed by atoms with Crippen molar-refractivity contribution in [1.82, 2.24) is 14.5 Å². The number of nitrogens with one attached hydrogen (secondary N) is 1. The Kier molecular flexibility index (Phi) is 4.42. The maximum Gasteiger partial charge on any atom is 0.329 e. The van der Waals surface area contributed by atoms with Crippen LogP contribution in [0.4, 0.5) is 5.82 Å². The fourth-order valence-electron chi connectivity index (χ4n) is 3.21. The van der Waals surface area contributed by atoms with E-state index in [2.05, 4.69) is 23.4 Å². The fraction of sp³-hybridized carbons (Fsp3) is 0.438. The van der Waals surface area contributed by atoms with Gasteiger partial charge in [-0.2, -0.15) is 0 Å². The molecule has 128 valence electrons. The van der Waals surface area contributed by atoms with Gasteiger partial charge >= 0.3 is 5.69 Å². The standard InChI is InChI=1S/C16H20N4O3S/c1-3-20-14(17)13(15(22)18-16(20)23)11(21)8-19-6-4-12-10(9(19)2)5-7-24-12/h5,7,9H,3-4,6,8,17H2,1-2H3,(H,18,22,23)/t9-/m0/s1. The molecular formula is C16H20N4O3S. The van der Waals surface area contributed by atoms with Gasteiger partial charge in [0, 0.05) is 24.0 Å². The number of nitrogen functional groups attached to an aromatic ring is 1. The quantitative estimate of drug-likeness (QED) is 0.803. The van der Waals surface area contributed by atoms with Crippen molar-refractivity contribution in [3.05, 3.63) is 48.3 Å². The number of Topliss-reactive ketones (excluding diaryl/α,β-unsaturated/α-hetero) is 1. The fourth-order valence-corrected chi connectivity index (χ4v) is 4.17. The Morgan fingerprint density at radius 2 is 2.21 bits per heavy atom. The third-order valence-corrected chi connectivity index (χ3v) is 5.58. The minimum absolute atomic E-state index is 0.0582. The molecule has 0 amide bonds. The Balaban J connectivity index is 1.89. The lowest BCUT2D eigenvalue weighted by Gasteiger charge is -2.33. The van der Waals surface area contributed by atoms with E-state index in [-0.39, 0.29) is 29.8 Å². The number of fused-ring (bicyclic) bond motifs is 1. The highest BCUT2D eigenvalue weighted by Gasteiger charge is 2.28. The van der Waals surface area contributed by atoms with E-state index < -0.39 is 11.2 Å². The van der Waals surface area contributed by atoms with Gasteiger partial charge in [-0.05, 0) is 37.3 Å². The van der Waals surface area contributed by atoms with Crippen molar-refractivity contribution in [2.75, 3.05) is 18.8 Å². The zero-order valence-corrected chi connectivity index (χ0v) is 14.5. The average molecular weight is 348 g/mol. The summed E-state index contributed by atoms with van der Waals surface area (Å²) in [5.74, 6) is -0.418. The second kappa shape index (κ2) is 6.37. The molecule has 0 bridgehead atoms. The SMILES string of the molecule is CCn1c(N)c(C(=O)CN2CCc3sccc3[C@@H]2C)c(=O)[nH]c1=O. The third-order valence-electron chi connectivity index (χ3n) is 4.59. The molecule has 8 heteroatoms. The number of nitrogens with two attached hydrogens (primary N) is 1. The number of thiophene rings is 1. The molecule has 1 aliphatic heterocycles. The summed E-state index contributed by atoms with van der Waals surface area (Å²) in [5, 5.41) is 2.06. The van der Waals surface area contributed by atoms with Gasteiger partial charge in [-0.25, -0.2) is 4.79 Å². The summed E-state index contributed by atoms with van der Waals surface area (Å²) >= 11 is 1.73. The predicted octanol–water partition coefficient (Wildman–Crippen LogP) is 1.00. The minimum atomic E-state index is -0.715. The highest BCUT2D eigenvalue weighted by atomic mass is 32.1. The second-order valence-corrected chi connectivity index (χ2v) is 6.88. The molecule has 3 rings (SSSR count). The zero-order chi connectivity index (χ0) is 17.4. The summed E-state index contributed by atoms with van der Waals surface area (Å²) in [7, 11) is 0.